The van der Waals surface area contributed by atoms with Gasteiger partial charge in [-0.15, -0.1) is 0 Å². The summed E-state index contributed by atoms with van der Waals surface area (Å²) in [5.41, 5.74) is 0.504. The van der Waals surface area contributed by atoms with E-state index in [1.807, 2.05) is 37.4 Å². The molecule has 140 valence electrons. The fraction of sp³-hybridized carbons (Fsp3) is 0.500. The second-order valence-corrected chi connectivity index (χ2v) is 7.12. The Hall–Kier alpha value is -2.34. The number of aryl methyl sites for hydroxylation is 2. The monoisotopic (exact) mass is 357 g/mol. The maximum absolute atomic E-state index is 12.7. The number of rotatable bonds is 6. The molecule has 1 atom stereocenters. The number of benzene rings is 1. The van der Waals surface area contributed by atoms with Crippen molar-refractivity contribution in [3.8, 4) is 5.75 Å². The van der Waals surface area contributed by atoms with E-state index in [4.69, 9.17) is 4.74 Å². The van der Waals surface area contributed by atoms with Crippen molar-refractivity contribution in [2.75, 3.05) is 19.7 Å². The van der Waals surface area contributed by atoms with Gasteiger partial charge < -0.3 is 14.7 Å². The van der Waals surface area contributed by atoms with E-state index in [1.54, 1.807) is 15.6 Å². The van der Waals surface area contributed by atoms with Gasteiger partial charge in [0.2, 0.25) is 0 Å². The predicted octanol–water partition coefficient (Wildman–Crippen LogP) is 2.65. The molecule has 6 heteroatoms. The summed E-state index contributed by atoms with van der Waals surface area (Å²) in [6.07, 6.45) is 4.16. The highest BCUT2D eigenvalue weighted by Crippen LogP contribution is 2.24. The average molecular weight is 357 g/mol. The fourth-order valence-electron chi connectivity index (χ4n) is 3.32. The molecule has 1 saturated heterocycles. The number of aromatic nitrogens is 2. The van der Waals surface area contributed by atoms with Crippen molar-refractivity contribution in [2.45, 2.75) is 45.3 Å². The molecule has 0 bridgehead atoms. The fourth-order valence-corrected chi connectivity index (χ4v) is 3.32. The standard InChI is InChI=1S/C20H27N3O3/c1-3-10-23-12-8-18(21-23)19(24)22-11-5-9-20(25,14-22)15-26-17-7-4-6-16(2)13-17/h4,6-8,12-13,25H,3,5,9-11,14-15H2,1-2H3/t20-/m0/s1. The second-order valence-electron chi connectivity index (χ2n) is 7.12. The first-order chi connectivity index (χ1) is 12.5. The van der Waals surface area contributed by atoms with Gasteiger partial charge >= 0.3 is 0 Å². The summed E-state index contributed by atoms with van der Waals surface area (Å²) in [5.74, 6) is 0.605. The third-order valence-electron chi connectivity index (χ3n) is 4.65. The number of amides is 1. The van der Waals surface area contributed by atoms with Crippen molar-refractivity contribution >= 4 is 5.91 Å². The molecule has 0 aliphatic carbocycles. The Kier molecular flexibility index (Phi) is 5.61. The Morgan fingerprint density at radius 2 is 2.23 bits per heavy atom. The molecule has 1 aliphatic heterocycles. The average Bonchev–Trinajstić information content (AvgIpc) is 3.09. The van der Waals surface area contributed by atoms with E-state index < -0.39 is 5.60 Å². The zero-order valence-electron chi connectivity index (χ0n) is 15.5. The van der Waals surface area contributed by atoms with Crippen LogP contribution in [0.2, 0.25) is 0 Å². The number of hydrogen-bond acceptors (Lipinski definition) is 4. The van der Waals surface area contributed by atoms with E-state index in [-0.39, 0.29) is 19.1 Å². The van der Waals surface area contributed by atoms with Crippen LogP contribution in [0.5, 0.6) is 5.75 Å². The first kappa shape index (κ1) is 18.5. The molecule has 1 aliphatic rings. The predicted molar refractivity (Wildman–Crippen MR) is 99.3 cm³/mol. The number of ether oxygens (including phenoxy) is 1. The number of carbonyl (C=O) groups excluding carboxylic acids is 1. The van der Waals surface area contributed by atoms with Crippen molar-refractivity contribution < 1.29 is 14.6 Å². The molecule has 1 fully saturated rings. The minimum atomic E-state index is -1.04. The molecule has 2 aromatic rings. The van der Waals surface area contributed by atoms with Crippen LogP contribution in [0.3, 0.4) is 0 Å². The molecule has 2 heterocycles. The third-order valence-corrected chi connectivity index (χ3v) is 4.65. The molecular weight excluding hydrogens is 330 g/mol. The SMILES string of the molecule is CCCn1ccc(C(=O)N2CCC[C@@](O)(COc3cccc(C)c3)C2)n1. The van der Waals surface area contributed by atoms with Gasteiger partial charge in [-0.3, -0.25) is 9.48 Å². The smallest absolute Gasteiger partial charge is 0.274 e. The number of β-amino-alcohol motifs (C(OH)–C–C–N with tert-alkyl or cyclic N) is 1. The second kappa shape index (κ2) is 7.91. The molecule has 1 amide bonds. The highest BCUT2D eigenvalue weighted by atomic mass is 16.5. The minimum Gasteiger partial charge on any atom is -0.491 e. The number of nitrogens with zero attached hydrogens (tertiary/aromatic N) is 3. The van der Waals surface area contributed by atoms with Crippen molar-refractivity contribution in [3.63, 3.8) is 0 Å². The molecule has 0 unspecified atom stereocenters. The highest BCUT2D eigenvalue weighted by Gasteiger charge is 2.36. The van der Waals surface area contributed by atoms with Crippen LogP contribution < -0.4 is 4.74 Å². The Bertz CT molecular complexity index is 758. The molecule has 1 aromatic heterocycles. The van der Waals surface area contributed by atoms with E-state index in [9.17, 15) is 9.90 Å². The van der Waals surface area contributed by atoms with Gasteiger partial charge in [0.1, 0.15) is 23.7 Å². The third kappa shape index (κ3) is 4.43. The van der Waals surface area contributed by atoms with E-state index >= 15 is 0 Å². The van der Waals surface area contributed by atoms with E-state index in [2.05, 4.69) is 12.0 Å². The molecule has 6 nitrogen and oxygen atoms in total. The van der Waals surface area contributed by atoms with Gasteiger partial charge in [0, 0.05) is 19.3 Å². The topological polar surface area (TPSA) is 67.6 Å². The van der Waals surface area contributed by atoms with E-state index in [1.165, 1.54) is 0 Å². The molecular formula is C20H27N3O3. The van der Waals surface area contributed by atoms with Crippen LogP contribution in [0.1, 0.15) is 42.2 Å². The van der Waals surface area contributed by atoms with Crippen LogP contribution >= 0.6 is 0 Å². The normalized spacial score (nSPS) is 20.2. The first-order valence-corrected chi connectivity index (χ1v) is 9.24. The maximum Gasteiger partial charge on any atom is 0.274 e. The van der Waals surface area contributed by atoms with Crippen LogP contribution in [-0.2, 0) is 6.54 Å². The van der Waals surface area contributed by atoms with Gasteiger partial charge in [-0.05, 0) is 49.9 Å². The molecule has 0 saturated carbocycles. The molecule has 0 radical (unpaired) electrons. The first-order valence-electron chi connectivity index (χ1n) is 9.24. The highest BCUT2D eigenvalue weighted by molar-refractivity contribution is 5.92. The molecule has 3 rings (SSSR count). The van der Waals surface area contributed by atoms with Crippen molar-refractivity contribution in [1.29, 1.82) is 0 Å². The van der Waals surface area contributed by atoms with Gasteiger partial charge in [0.15, 0.2) is 0 Å². The zero-order chi connectivity index (χ0) is 18.6. The van der Waals surface area contributed by atoms with Crippen LogP contribution in [-0.4, -0.2) is 51.0 Å². The lowest BCUT2D eigenvalue weighted by Crippen LogP contribution is -2.53. The number of carbonyl (C=O) groups is 1. The van der Waals surface area contributed by atoms with Gasteiger partial charge in [-0.1, -0.05) is 19.1 Å². The van der Waals surface area contributed by atoms with Crippen LogP contribution in [0.25, 0.3) is 0 Å². The van der Waals surface area contributed by atoms with E-state index in [0.717, 1.165) is 30.7 Å². The summed E-state index contributed by atoms with van der Waals surface area (Å²) < 4.78 is 7.57. The van der Waals surface area contributed by atoms with E-state index in [0.29, 0.717) is 18.7 Å². The lowest BCUT2D eigenvalue weighted by Gasteiger charge is -2.38. The number of likely N-dealkylation sites (tertiary alicyclic amines) is 1. The van der Waals surface area contributed by atoms with Crippen LogP contribution in [0, 0.1) is 6.92 Å². The van der Waals surface area contributed by atoms with Crippen LogP contribution in [0.4, 0.5) is 0 Å². The minimum absolute atomic E-state index is 0.131. The van der Waals surface area contributed by atoms with Crippen molar-refractivity contribution in [2.24, 2.45) is 0 Å². The summed E-state index contributed by atoms with van der Waals surface area (Å²) in [5, 5.41) is 15.3. The molecule has 1 N–H and O–H groups in total. The lowest BCUT2D eigenvalue weighted by atomic mass is 9.93. The van der Waals surface area contributed by atoms with Gasteiger partial charge in [0.25, 0.3) is 5.91 Å². The molecule has 26 heavy (non-hydrogen) atoms. The summed E-state index contributed by atoms with van der Waals surface area (Å²) in [6.45, 7) is 5.93. The van der Waals surface area contributed by atoms with Gasteiger partial charge in [-0.25, -0.2) is 0 Å². The summed E-state index contributed by atoms with van der Waals surface area (Å²) in [4.78, 5) is 14.4. The maximum atomic E-state index is 12.7. The van der Waals surface area contributed by atoms with Crippen molar-refractivity contribution in [1.82, 2.24) is 14.7 Å². The lowest BCUT2D eigenvalue weighted by molar-refractivity contribution is -0.0533. The van der Waals surface area contributed by atoms with Gasteiger partial charge in [0.05, 0.1) is 6.54 Å². The molecule has 1 aromatic carbocycles. The largest absolute Gasteiger partial charge is 0.491 e. The molecule has 0 spiro atoms. The Labute approximate surface area is 154 Å². The summed E-state index contributed by atoms with van der Waals surface area (Å²) >= 11 is 0. The Balaban J connectivity index is 1.62. The van der Waals surface area contributed by atoms with Crippen molar-refractivity contribution in [3.05, 3.63) is 47.8 Å². The van der Waals surface area contributed by atoms with Crippen LogP contribution in [0.15, 0.2) is 36.5 Å². The number of aliphatic hydroxyl groups is 1. The zero-order valence-corrected chi connectivity index (χ0v) is 15.5. The summed E-state index contributed by atoms with van der Waals surface area (Å²) in [6, 6.07) is 9.49. The Morgan fingerprint density at radius 1 is 1.38 bits per heavy atom. The number of piperidine rings is 1. The number of hydrogen-bond donors (Lipinski definition) is 1. The quantitative estimate of drug-likeness (QED) is 0.863. The Morgan fingerprint density at radius 3 is 3.00 bits per heavy atom. The van der Waals surface area contributed by atoms with Gasteiger partial charge in [-0.2, -0.15) is 5.10 Å². The summed E-state index contributed by atoms with van der Waals surface area (Å²) in [7, 11) is 0.